The molecule has 1 aromatic carbocycles. The summed E-state index contributed by atoms with van der Waals surface area (Å²) in [6, 6.07) is 5.96. The lowest BCUT2D eigenvalue weighted by Crippen LogP contribution is -2.13. The summed E-state index contributed by atoms with van der Waals surface area (Å²) in [7, 11) is 4.09. The normalized spacial score (nSPS) is 10.4. The third kappa shape index (κ3) is 5.09. The van der Waals surface area contributed by atoms with Crippen LogP contribution in [-0.4, -0.2) is 32.1 Å². The van der Waals surface area contributed by atoms with Gasteiger partial charge in [-0.05, 0) is 36.1 Å². The van der Waals surface area contributed by atoms with Crippen LogP contribution in [0.25, 0.3) is 0 Å². The molecule has 0 aliphatic rings. The predicted molar refractivity (Wildman–Crippen MR) is 81.9 cm³/mol. The van der Waals surface area contributed by atoms with Crippen LogP contribution < -0.4 is 10.2 Å². The van der Waals surface area contributed by atoms with Crippen molar-refractivity contribution in [2.24, 2.45) is 0 Å². The van der Waals surface area contributed by atoms with Crippen molar-refractivity contribution in [1.82, 2.24) is 0 Å². The molecule has 0 aliphatic heterocycles. The molecule has 0 aromatic heterocycles. The second kappa shape index (κ2) is 7.72. The van der Waals surface area contributed by atoms with Crippen LogP contribution in [0, 0.1) is 0 Å². The first-order valence-corrected chi connectivity index (χ1v) is 7.47. The van der Waals surface area contributed by atoms with E-state index >= 15 is 0 Å². The van der Waals surface area contributed by atoms with Gasteiger partial charge in [0.15, 0.2) is 0 Å². The molecule has 1 aromatic rings. The van der Waals surface area contributed by atoms with E-state index in [1.807, 2.05) is 44.1 Å². The highest BCUT2D eigenvalue weighted by atomic mass is 35.5. The van der Waals surface area contributed by atoms with Crippen LogP contribution in [0.5, 0.6) is 0 Å². The van der Waals surface area contributed by atoms with Crippen molar-refractivity contribution in [2.45, 2.75) is 13.3 Å². The Kier molecular flexibility index (Phi) is 6.60. The average Bonchev–Trinajstić information content (AvgIpc) is 2.28. The van der Waals surface area contributed by atoms with E-state index < -0.39 is 0 Å². The van der Waals surface area contributed by atoms with Gasteiger partial charge in [-0.3, -0.25) is 0 Å². The molecule has 0 bridgehead atoms. The van der Waals surface area contributed by atoms with E-state index in [-0.39, 0.29) is 0 Å². The number of anilines is 2. The summed E-state index contributed by atoms with van der Waals surface area (Å²) in [6.07, 6.45) is 1.18. The summed E-state index contributed by atoms with van der Waals surface area (Å²) in [5.41, 5.74) is 2.29. The minimum Gasteiger partial charge on any atom is -0.383 e. The molecule has 0 spiro atoms. The first-order valence-electron chi connectivity index (χ1n) is 5.93. The number of halogens is 1. The Balaban J connectivity index is 2.53. The maximum Gasteiger partial charge on any atom is 0.0597 e. The number of hydrogen-bond donors (Lipinski definition) is 1. The van der Waals surface area contributed by atoms with E-state index in [0.29, 0.717) is 0 Å². The molecular formula is C13H21ClN2S. The molecule has 2 nitrogen and oxygen atoms in total. The third-order valence-corrected chi connectivity index (χ3v) is 3.65. The van der Waals surface area contributed by atoms with E-state index in [4.69, 9.17) is 11.6 Å². The van der Waals surface area contributed by atoms with Gasteiger partial charge in [0.2, 0.25) is 0 Å². The van der Waals surface area contributed by atoms with Gasteiger partial charge < -0.3 is 10.2 Å². The number of nitrogens with zero attached hydrogens (tertiary/aromatic N) is 1. The van der Waals surface area contributed by atoms with Gasteiger partial charge in [-0.2, -0.15) is 11.8 Å². The van der Waals surface area contributed by atoms with Crippen LogP contribution in [0.4, 0.5) is 11.4 Å². The van der Waals surface area contributed by atoms with Gasteiger partial charge in [-0.1, -0.05) is 18.5 Å². The summed E-state index contributed by atoms with van der Waals surface area (Å²) in [4.78, 5) is 2.10. The fourth-order valence-electron chi connectivity index (χ4n) is 1.58. The second-order valence-corrected chi connectivity index (χ2v) is 5.86. The zero-order valence-corrected chi connectivity index (χ0v) is 12.4. The molecule has 0 saturated heterocycles. The fourth-order valence-corrected chi connectivity index (χ4v) is 2.39. The molecule has 1 N–H and O–H groups in total. The average molecular weight is 273 g/mol. The molecule has 0 atom stereocenters. The largest absolute Gasteiger partial charge is 0.383 e. The van der Waals surface area contributed by atoms with Gasteiger partial charge in [-0.15, -0.1) is 0 Å². The van der Waals surface area contributed by atoms with Crippen LogP contribution >= 0.6 is 23.4 Å². The Hall–Kier alpha value is -0.540. The van der Waals surface area contributed by atoms with E-state index in [1.54, 1.807) is 0 Å². The number of benzene rings is 1. The lowest BCUT2D eigenvalue weighted by Gasteiger charge is -2.18. The highest BCUT2D eigenvalue weighted by molar-refractivity contribution is 7.99. The Morgan fingerprint density at radius 1 is 1.35 bits per heavy atom. The molecule has 0 heterocycles. The maximum absolute atomic E-state index is 6.02. The molecule has 0 unspecified atom stereocenters. The first-order chi connectivity index (χ1) is 8.15. The van der Waals surface area contributed by atoms with Crippen molar-refractivity contribution in [3.8, 4) is 0 Å². The standard InChI is InChI=1S/C13H21ClN2S/c1-4-17-9-5-8-15-12-10-11(14)6-7-13(12)16(2)3/h6-7,10,15H,4-5,8-9H2,1-3H3. The van der Waals surface area contributed by atoms with Gasteiger partial charge >= 0.3 is 0 Å². The molecule has 96 valence electrons. The van der Waals surface area contributed by atoms with E-state index in [0.717, 1.165) is 17.3 Å². The quantitative estimate of drug-likeness (QED) is 0.757. The summed E-state index contributed by atoms with van der Waals surface area (Å²) < 4.78 is 0. The zero-order valence-electron chi connectivity index (χ0n) is 10.8. The van der Waals surface area contributed by atoms with Crippen LogP contribution in [-0.2, 0) is 0 Å². The smallest absolute Gasteiger partial charge is 0.0597 e. The number of nitrogens with one attached hydrogen (secondary N) is 1. The number of rotatable bonds is 7. The Morgan fingerprint density at radius 3 is 2.76 bits per heavy atom. The lowest BCUT2D eigenvalue weighted by molar-refractivity contribution is 0.988. The molecule has 0 radical (unpaired) electrons. The zero-order chi connectivity index (χ0) is 12.7. The molecular weight excluding hydrogens is 252 g/mol. The number of hydrogen-bond acceptors (Lipinski definition) is 3. The predicted octanol–water partition coefficient (Wildman–Crippen LogP) is 3.96. The highest BCUT2D eigenvalue weighted by Crippen LogP contribution is 2.27. The SMILES string of the molecule is CCSCCCNc1cc(Cl)ccc1N(C)C. The third-order valence-electron chi connectivity index (χ3n) is 2.43. The van der Waals surface area contributed by atoms with Gasteiger partial charge in [0.1, 0.15) is 0 Å². The van der Waals surface area contributed by atoms with Crippen molar-refractivity contribution >= 4 is 34.7 Å². The molecule has 17 heavy (non-hydrogen) atoms. The minimum absolute atomic E-state index is 0.779. The highest BCUT2D eigenvalue weighted by Gasteiger charge is 2.04. The maximum atomic E-state index is 6.02. The van der Waals surface area contributed by atoms with E-state index in [9.17, 15) is 0 Å². The Morgan fingerprint density at radius 2 is 2.12 bits per heavy atom. The molecule has 0 fully saturated rings. The van der Waals surface area contributed by atoms with Crippen LogP contribution in [0.3, 0.4) is 0 Å². The summed E-state index contributed by atoms with van der Waals surface area (Å²) in [5.74, 6) is 2.40. The van der Waals surface area contributed by atoms with Crippen molar-refractivity contribution in [3.63, 3.8) is 0 Å². The van der Waals surface area contributed by atoms with Gasteiger partial charge in [-0.25, -0.2) is 0 Å². The molecule has 0 aliphatic carbocycles. The van der Waals surface area contributed by atoms with Crippen LogP contribution in [0.15, 0.2) is 18.2 Å². The topological polar surface area (TPSA) is 15.3 Å². The van der Waals surface area contributed by atoms with Gasteiger partial charge in [0.05, 0.1) is 11.4 Å². The fraction of sp³-hybridized carbons (Fsp3) is 0.538. The van der Waals surface area contributed by atoms with Gasteiger partial charge in [0.25, 0.3) is 0 Å². The Labute approximate surface area is 114 Å². The number of thioether (sulfide) groups is 1. The molecule has 0 saturated carbocycles. The first kappa shape index (κ1) is 14.5. The minimum atomic E-state index is 0.779. The molecule has 1 rings (SSSR count). The second-order valence-electron chi connectivity index (χ2n) is 4.03. The summed E-state index contributed by atoms with van der Waals surface area (Å²) >= 11 is 8.00. The van der Waals surface area contributed by atoms with Crippen LogP contribution in [0.2, 0.25) is 5.02 Å². The summed E-state index contributed by atoms with van der Waals surface area (Å²) in [5, 5.41) is 4.23. The summed E-state index contributed by atoms with van der Waals surface area (Å²) in [6.45, 7) is 3.19. The lowest BCUT2D eigenvalue weighted by atomic mass is 10.2. The molecule has 4 heteroatoms. The van der Waals surface area contributed by atoms with Gasteiger partial charge in [0, 0.05) is 25.7 Å². The molecule has 0 amide bonds. The van der Waals surface area contributed by atoms with Crippen molar-refractivity contribution in [2.75, 3.05) is 42.4 Å². The van der Waals surface area contributed by atoms with Crippen molar-refractivity contribution in [1.29, 1.82) is 0 Å². The monoisotopic (exact) mass is 272 g/mol. The van der Waals surface area contributed by atoms with E-state index in [1.165, 1.54) is 23.6 Å². The van der Waals surface area contributed by atoms with Crippen molar-refractivity contribution < 1.29 is 0 Å². The Bertz CT molecular complexity index is 342. The van der Waals surface area contributed by atoms with Crippen LogP contribution in [0.1, 0.15) is 13.3 Å². The van der Waals surface area contributed by atoms with Crippen molar-refractivity contribution in [3.05, 3.63) is 23.2 Å². The van der Waals surface area contributed by atoms with E-state index in [2.05, 4.69) is 17.1 Å².